The number of nitrogens with zero attached hydrogens (tertiary/aromatic N) is 5. The summed E-state index contributed by atoms with van der Waals surface area (Å²) in [6.07, 6.45) is 0. The average molecular weight is 265 g/mol. The predicted octanol–water partition coefficient (Wildman–Crippen LogP) is 1.70. The van der Waals surface area contributed by atoms with Crippen LogP contribution in [-0.2, 0) is 0 Å². The van der Waals surface area contributed by atoms with Crippen LogP contribution in [0, 0.1) is 11.3 Å². The topological polar surface area (TPSA) is 56.1 Å². The van der Waals surface area contributed by atoms with Crippen molar-refractivity contribution in [1.82, 2.24) is 14.3 Å². The maximum Gasteiger partial charge on any atom is 0.205 e. The van der Waals surface area contributed by atoms with Gasteiger partial charge in [0.1, 0.15) is 5.82 Å². The van der Waals surface area contributed by atoms with E-state index in [4.69, 9.17) is 5.26 Å². The number of nitriles is 1. The summed E-state index contributed by atoms with van der Waals surface area (Å²) in [6.45, 7) is 9.88. The Hall–Kier alpha value is -1.19. The summed E-state index contributed by atoms with van der Waals surface area (Å²) in [6, 6.07) is 2.30. The van der Waals surface area contributed by atoms with Crippen LogP contribution in [0.25, 0.3) is 0 Å². The van der Waals surface area contributed by atoms with Gasteiger partial charge < -0.3 is 4.90 Å². The van der Waals surface area contributed by atoms with Crippen LogP contribution in [0.15, 0.2) is 0 Å². The Morgan fingerprint density at radius 3 is 2.39 bits per heavy atom. The van der Waals surface area contributed by atoms with E-state index in [1.165, 1.54) is 11.5 Å². The molecular formula is C12H19N5S. The van der Waals surface area contributed by atoms with Crippen molar-refractivity contribution in [2.24, 2.45) is 0 Å². The van der Waals surface area contributed by atoms with E-state index >= 15 is 0 Å². The molecule has 0 aromatic carbocycles. The van der Waals surface area contributed by atoms with Crippen molar-refractivity contribution in [3.63, 3.8) is 0 Å². The van der Waals surface area contributed by atoms with Gasteiger partial charge in [-0.3, -0.25) is 4.90 Å². The first-order chi connectivity index (χ1) is 8.61. The highest BCUT2D eigenvalue weighted by molar-refractivity contribution is 7.09. The van der Waals surface area contributed by atoms with Crippen molar-refractivity contribution in [1.29, 1.82) is 5.26 Å². The Balaban J connectivity index is 1.95. The largest absolute Gasteiger partial charge is 0.344 e. The highest BCUT2D eigenvalue weighted by atomic mass is 32.1. The van der Waals surface area contributed by atoms with Crippen LogP contribution >= 0.6 is 11.5 Å². The molecule has 2 rings (SSSR count). The molecule has 1 atom stereocenters. The fraction of sp³-hybridized carbons (Fsp3) is 0.750. The summed E-state index contributed by atoms with van der Waals surface area (Å²) in [5.41, 5.74) is 0. The molecule has 5 nitrogen and oxygen atoms in total. The highest BCUT2D eigenvalue weighted by Gasteiger charge is 2.23. The van der Waals surface area contributed by atoms with Crippen molar-refractivity contribution < 1.29 is 0 Å². The number of hydrogen-bond acceptors (Lipinski definition) is 6. The monoisotopic (exact) mass is 265 g/mol. The summed E-state index contributed by atoms with van der Waals surface area (Å²) in [5.74, 6) is 1.32. The molecule has 1 aromatic rings. The number of hydrogen-bond donors (Lipinski definition) is 0. The summed E-state index contributed by atoms with van der Waals surface area (Å²) >= 11 is 1.48. The third-order valence-corrected chi connectivity index (χ3v) is 4.06. The van der Waals surface area contributed by atoms with Crippen LogP contribution in [0.1, 0.15) is 32.5 Å². The zero-order valence-electron chi connectivity index (χ0n) is 11.1. The normalized spacial score (nSPS) is 18.9. The number of anilines is 1. The maximum atomic E-state index is 8.91. The molecule has 0 aliphatic carbocycles. The lowest BCUT2D eigenvalue weighted by atomic mass is 10.2. The second-order valence-corrected chi connectivity index (χ2v) is 5.65. The van der Waals surface area contributed by atoms with E-state index < -0.39 is 0 Å². The van der Waals surface area contributed by atoms with Crippen LogP contribution in [0.2, 0.25) is 0 Å². The molecule has 1 saturated heterocycles. The third kappa shape index (κ3) is 2.79. The Morgan fingerprint density at radius 2 is 1.89 bits per heavy atom. The average Bonchev–Trinajstić information content (AvgIpc) is 2.88. The minimum absolute atomic E-state index is 0.00722. The van der Waals surface area contributed by atoms with E-state index in [1.807, 2.05) is 6.92 Å². The maximum absolute atomic E-state index is 8.91. The Labute approximate surface area is 112 Å². The first kappa shape index (κ1) is 13.2. The Bertz CT molecular complexity index is 428. The highest BCUT2D eigenvalue weighted by Crippen LogP contribution is 2.22. The van der Waals surface area contributed by atoms with E-state index in [9.17, 15) is 0 Å². The molecular weight excluding hydrogens is 246 g/mol. The molecule has 1 fully saturated rings. The van der Waals surface area contributed by atoms with Gasteiger partial charge in [0.05, 0.1) is 12.1 Å². The van der Waals surface area contributed by atoms with Gasteiger partial charge in [0, 0.05) is 43.6 Å². The molecule has 6 heteroatoms. The number of rotatable bonds is 3. The molecule has 2 heterocycles. The van der Waals surface area contributed by atoms with Gasteiger partial charge in [-0.2, -0.15) is 9.64 Å². The Morgan fingerprint density at radius 1 is 1.22 bits per heavy atom. The van der Waals surface area contributed by atoms with Crippen LogP contribution in [0.4, 0.5) is 5.13 Å². The van der Waals surface area contributed by atoms with Gasteiger partial charge in [0.15, 0.2) is 0 Å². The van der Waals surface area contributed by atoms with Gasteiger partial charge in [-0.05, 0) is 6.92 Å². The van der Waals surface area contributed by atoms with Crippen molar-refractivity contribution >= 4 is 16.7 Å². The zero-order chi connectivity index (χ0) is 13.1. The van der Waals surface area contributed by atoms with E-state index in [1.54, 1.807) is 0 Å². The van der Waals surface area contributed by atoms with Crippen LogP contribution < -0.4 is 4.90 Å². The quantitative estimate of drug-likeness (QED) is 0.832. The van der Waals surface area contributed by atoms with E-state index in [2.05, 4.69) is 39.1 Å². The van der Waals surface area contributed by atoms with E-state index in [0.29, 0.717) is 5.92 Å². The predicted molar refractivity (Wildman–Crippen MR) is 72.9 cm³/mol. The summed E-state index contributed by atoms with van der Waals surface area (Å²) in [4.78, 5) is 9.05. The SMILES string of the molecule is CC(C)c1nsc(N2CCN(C(C)C#N)CC2)n1. The minimum Gasteiger partial charge on any atom is -0.344 e. The van der Waals surface area contributed by atoms with Gasteiger partial charge in [0.25, 0.3) is 0 Å². The molecule has 1 aliphatic rings. The van der Waals surface area contributed by atoms with Gasteiger partial charge in [0.2, 0.25) is 5.13 Å². The van der Waals surface area contributed by atoms with Crippen LogP contribution in [0.5, 0.6) is 0 Å². The van der Waals surface area contributed by atoms with E-state index in [0.717, 1.165) is 37.1 Å². The summed E-state index contributed by atoms with van der Waals surface area (Å²) in [5, 5.41) is 9.93. The zero-order valence-corrected chi connectivity index (χ0v) is 11.9. The smallest absolute Gasteiger partial charge is 0.205 e. The second-order valence-electron chi connectivity index (χ2n) is 4.92. The molecule has 0 bridgehead atoms. The molecule has 1 aliphatic heterocycles. The number of aromatic nitrogens is 2. The summed E-state index contributed by atoms with van der Waals surface area (Å²) in [7, 11) is 0. The molecule has 0 N–H and O–H groups in total. The molecule has 0 saturated carbocycles. The minimum atomic E-state index is 0.00722. The molecule has 1 aromatic heterocycles. The van der Waals surface area contributed by atoms with Crippen molar-refractivity contribution in [3.8, 4) is 6.07 Å². The first-order valence-electron chi connectivity index (χ1n) is 6.34. The second kappa shape index (κ2) is 5.63. The molecule has 1 unspecified atom stereocenters. The first-order valence-corrected chi connectivity index (χ1v) is 7.11. The van der Waals surface area contributed by atoms with E-state index in [-0.39, 0.29) is 6.04 Å². The molecule has 18 heavy (non-hydrogen) atoms. The van der Waals surface area contributed by atoms with Crippen molar-refractivity contribution in [3.05, 3.63) is 5.82 Å². The lowest BCUT2D eigenvalue weighted by molar-refractivity contribution is 0.231. The van der Waals surface area contributed by atoms with Gasteiger partial charge in [-0.15, -0.1) is 0 Å². The molecule has 0 spiro atoms. The van der Waals surface area contributed by atoms with Gasteiger partial charge in [-0.25, -0.2) is 4.98 Å². The van der Waals surface area contributed by atoms with Gasteiger partial charge >= 0.3 is 0 Å². The van der Waals surface area contributed by atoms with Crippen LogP contribution in [0.3, 0.4) is 0 Å². The lowest BCUT2D eigenvalue weighted by Crippen LogP contribution is -2.49. The lowest BCUT2D eigenvalue weighted by Gasteiger charge is -2.35. The van der Waals surface area contributed by atoms with Crippen LogP contribution in [-0.4, -0.2) is 46.5 Å². The molecule has 0 radical (unpaired) electrons. The van der Waals surface area contributed by atoms with Gasteiger partial charge in [-0.1, -0.05) is 13.8 Å². The fourth-order valence-corrected chi connectivity index (χ4v) is 2.83. The van der Waals surface area contributed by atoms with Crippen molar-refractivity contribution in [2.45, 2.75) is 32.7 Å². The van der Waals surface area contributed by atoms with Crippen molar-refractivity contribution in [2.75, 3.05) is 31.1 Å². The molecule has 0 amide bonds. The Kier molecular flexibility index (Phi) is 4.15. The summed E-state index contributed by atoms with van der Waals surface area (Å²) < 4.78 is 4.38. The third-order valence-electron chi connectivity index (χ3n) is 3.27. The molecule has 98 valence electrons. The number of piperazine rings is 1. The fourth-order valence-electron chi connectivity index (χ4n) is 1.97. The standard InChI is InChI=1S/C12H19N5S/c1-9(2)11-14-12(18-15-11)17-6-4-16(5-7-17)10(3)8-13/h9-10H,4-7H2,1-3H3.